The number of hydrogen-bond acceptors (Lipinski definition) is 6. The zero-order valence-corrected chi connectivity index (χ0v) is 23.2. The molecule has 195 valence electrons. The number of hydrogen-bond donors (Lipinski definition) is 2. The van der Waals surface area contributed by atoms with Crippen LogP contribution in [0, 0.1) is 0 Å². The van der Waals surface area contributed by atoms with Crippen LogP contribution in [0.4, 0.5) is 0 Å². The zero-order chi connectivity index (χ0) is 23.8. The molecular formula is C20H46CuO8P2. The third kappa shape index (κ3) is 23.7. The predicted molar refractivity (Wildman–Crippen MR) is 121 cm³/mol. The molecule has 0 spiro atoms. The van der Waals surface area contributed by atoms with Gasteiger partial charge in [0.05, 0.1) is 24.4 Å². The summed E-state index contributed by atoms with van der Waals surface area (Å²) in [4.78, 5) is 18.8. The average molecular weight is 540 g/mol. The number of phosphoric ester groups is 2. The Morgan fingerprint density at radius 2 is 0.710 bits per heavy atom. The minimum absolute atomic E-state index is 0. The molecule has 4 unspecified atom stereocenters. The molecule has 0 fully saturated rings. The third-order valence-electron chi connectivity index (χ3n) is 4.03. The second kappa shape index (κ2) is 20.1. The van der Waals surface area contributed by atoms with Crippen LogP contribution in [0.15, 0.2) is 0 Å². The quantitative estimate of drug-likeness (QED) is 0.159. The maximum absolute atomic E-state index is 11.5. The molecule has 0 aromatic rings. The minimum atomic E-state index is -3.86. The van der Waals surface area contributed by atoms with Crippen LogP contribution in [0.2, 0.25) is 0 Å². The Morgan fingerprint density at radius 3 is 0.839 bits per heavy atom. The second-order valence-electron chi connectivity index (χ2n) is 7.76. The molecule has 0 aliphatic heterocycles. The van der Waals surface area contributed by atoms with Crippen LogP contribution in [0.3, 0.4) is 0 Å². The van der Waals surface area contributed by atoms with Crippen molar-refractivity contribution < 1.29 is 54.1 Å². The molecule has 0 rings (SSSR count). The van der Waals surface area contributed by atoms with Gasteiger partial charge in [-0.25, -0.2) is 9.13 Å². The fourth-order valence-corrected chi connectivity index (χ4v) is 5.14. The SMILES string of the molecule is CCCC(C)OP(=O)(O)OC(C)CCC.CCCC(C)OP(=O)(O)OC(C)CCC.[Cu]. The first-order valence-corrected chi connectivity index (χ1v) is 14.2. The van der Waals surface area contributed by atoms with E-state index in [0.29, 0.717) is 0 Å². The molecule has 2 N–H and O–H groups in total. The molecular weight excluding hydrogens is 494 g/mol. The molecule has 0 aliphatic rings. The molecule has 8 nitrogen and oxygen atoms in total. The van der Waals surface area contributed by atoms with Gasteiger partial charge >= 0.3 is 15.6 Å². The van der Waals surface area contributed by atoms with Crippen molar-refractivity contribution in [1.29, 1.82) is 0 Å². The Balaban J connectivity index is -0.000000490. The van der Waals surface area contributed by atoms with Gasteiger partial charge in [0, 0.05) is 17.1 Å². The van der Waals surface area contributed by atoms with E-state index in [1.807, 2.05) is 27.7 Å². The van der Waals surface area contributed by atoms with Gasteiger partial charge in [-0.05, 0) is 53.4 Å². The van der Waals surface area contributed by atoms with Gasteiger partial charge < -0.3 is 9.79 Å². The first-order chi connectivity index (χ1) is 13.8. The molecule has 11 heteroatoms. The Labute approximate surface area is 200 Å². The van der Waals surface area contributed by atoms with E-state index in [0.717, 1.165) is 51.4 Å². The van der Waals surface area contributed by atoms with Gasteiger partial charge in [0.25, 0.3) is 0 Å². The van der Waals surface area contributed by atoms with E-state index in [9.17, 15) is 18.9 Å². The number of rotatable bonds is 16. The molecule has 0 heterocycles. The maximum Gasteiger partial charge on any atom is 0.472 e. The first-order valence-electron chi connectivity index (χ1n) is 11.2. The van der Waals surface area contributed by atoms with E-state index in [2.05, 4.69) is 0 Å². The first kappa shape index (κ1) is 36.3. The van der Waals surface area contributed by atoms with Crippen molar-refractivity contribution in [3.63, 3.8) is 0 Å². The van der Waals surface area contributed by atoms with Crippen molar-refractivity contribution in [3.8, 4) is 0 Å². The fraction of sp³-hybridized carbons (Fsp3) is 1.00. The van der Waals surface area contributed by atoms with Gasteiger partial charge in [-0.3, -0.25) is 18.1 Å². The predicted octanol–water partition coefficient (Wildman–Crippen LogP) is 6.99. The Kier molecular flexibility index (Phi) is 23.6. The summed E-state index contributed by atoms with van der Waals surface area (Å²) in [5, 5.41) is 0. The van der Waals surface area contributed by atoms with Crippen molar-refractivity contribution in [1.82, 2.24) is 0 Å². The third-order valence-corrected chi connectivity index (χ3v) is 6.54. The summed E-state index contributed by atoms with van der Waals surface area (Å²) < 4.78 is 42.9. The van der Waals surface area contributed by atoms with Crippen molar-refractivity contribution >= 4 is 15.6 Å². The minimum Gasteiger partial charge on any atom is -0.302 e. The van der Waals surface area contributed by atoms with E-state index in [-0.39, 0.29) is 41.5 Å². The van der Waals surface area contributed by atoms with Crippen LogP contribution in [-0.2, 0) is 44.3 Å². The van der Waals surface area contributed by atoms with E-state index in [4.69, 9.17) is 18.1 Å². The van der Waals surface area contributed by atoms with Gasteiger partial charge in [-0.1, -0.05) is 53.4 Å². The van der Waals surface area contributed by atoms with Crippen LogP contribution < -0.4 is 0 Å². The summed E-state index contributed by atoms with van der Waals surface area (Å²) >= 11 is 0. The van der Waals surface area contributed by atoms with Crippen LogP contribution in [0.25, 0.3) is 0 Å². The standard InChI is InChI=1S/2C10H23O4P.Cu/c2*1-5-7-9(3)13-15(11,12)14-10(4)8-6-2;/h2*9-10H,5-8H2,1-4H3,(H,11,12);. The molecule has 4 atom stereocenters. The number of phosphoric acid groups is 2. The summed E-state index contributed by atoms with van der Waals surface area (Å²) in [6, 6.07) is 0. The van der Waals surface area contributed by atoms with E-state index in [1.54, 1.807) is 27.7 Å². The zero-order valence-electron chi connectivity index (χ0n) is 20.5. The van der Waals surface area contributed by atoms with Crippen molar-refractivity contribution in [3.05, 3.63) is 0 Å². The Bertz CT molecular complexity index is 430. The Hall–Kier alpha value is 0.739. The maximum atomic E-state index is 11.5. The average Bonchev–Trinajstić information content (AvgIpc) is 2.53. The van der Waals surface area contributed by atoms with Gasteiger partial charge in [0.15, 0.2) is 0 Å². The summed E-state index contributed by atoms with van der Waals surface area (Å²) in [5.41, 5.74) is 0. The largest absolute Gasteiger partial charge is 0.472 e. The molecule has 0 saturated carbocycles. The van der Waals surface area contributed by atoms with Crippen molar-refractivity contribution in [2.24, 2.45) is 0 Å². The van der Waals surface area contributed by atoms with Gasteiger partial charge in [-0.15, -0.1) is 0 Å². The smallest absolute Gasteiger partial charge is 0.302 e. The van der Waals surface area contributed by atoms with Gasteiger partial charge in [0.2, 0.25) is 0 Å². The normalized spacial score (nSPS) is 18.9. The van der Waals surface area contributed by atoms with Gasteiger partial charge in [-0.2, -0.15) is 0 Å². The molecule has 0 aliphatic carbocycles. The van der Waals surface area contributed by atoms with Crippen LogP contribution in [0.5, 0.6) is 0 Å². The molecule has 0 aromatic carbocycles. The summed E-state index contributed by atoms with van der Waals surface area (Å²) in [7, 11) is -7.73. The summed E-state index contributed by atoms with van der Waals surface area (Å²) in [6.07, 6.45) is 5.78. The summed E-state index contributed by atoms with van der Waals surface area (Å²) in [6.45, 7) is 15.1. The summed E-state index contributed by atoms with van der Waals surface area (Å²) in [5.74, 6) is 0. The topological polar surface area (TPSA) is 112 Å². The van der Waals surface area contributed by atoms with Gasteiger partial charge in [0.1, 0.15) is 0 Å². The fourth-order valence-electron chi connectivity index (χ4n) is 2.80. The molecule has 31 heavy (non-hydrogen) atoms. The molecule has 0 bridgehead atoms. The second-order valence-corrected chi connectivity index (χ2v) is 10.5. The van der Waals surface area contributed by atoms with E-state index >= 15 is 0 Å². The molecule has 1 radical (unpaired) electrons. The molecule has 0 saturated heterocycles. The van der Waals surface area contributed by atoms with Crippen LogP contribution in [0.1, 0.15) is 107 Å². The van der Waals surface area contributed by atoms with E-state index < -0.39 is 15.6 Å². The van der Waals surface area contributed by atoms with Crippen molar-refractivity contribution in [2.75, 3.05) is 0 Å². The van der Waals surface area contributed by atoms with E-state index in [1.165, 1.54) is 0 Å². The van der Waals surface area contributed by atoms with Crippen LogP contribution in [-0.4, -0.2) is 34.2 Å². The van der Waals surface area contributed by atoms with Crippen molar-refractivity contribution in [2.45, 2.75) is 131 Å². The monoisotopic (exact) mass is 539 g/mol. The Morgan fingerprint density at radius 1 is 0.548 bits per heavy atom. The van der Waals surface area contributed by atoms with Crippen LogP contribution >= 0.6 is 15.6 Å². The molecule has 0 amide bonds. The molecule has 0 aromatic heterocycles.